The van der Waals surface area contributed by atoms with Crippen LogP contribution in [0, 0.1) is 5.82 Å². The van der Waals surface area contributed by atoms with E-state index in [0.717, 1.165) is 42.7 Å². The Balaban J connectivity index is 1.58. The van der Waals surface area contributed by atoms with Crippen molar-refractivity contribution in [2.45, 2.75) is 39.3 Å². The van der Waals surface area contributed by atoms with Crippen LogP contribution in [0.15, 0.2) is 53.5 Å². The zero-order valence-corrected chi connectivity index (χ0v) is 16.2. The predicted octanol–water partition coefficient (Wildman–Crippen LogP) is 3.60. The van der Waals surface area contributed by atoms with Crippen LogP contribution in [-0.4, -0.2) is 25.0 Å². The van der Waals surface area contributed by atoms with E-state index < -0.39 is 0 Å². The highest BCUT2D eigenvalue weighted by molar-refractivity contribution is 5.93. The molecule has 1 aliphatic rings. The molecule has 0 atom stereocenters. The summed E-state index contributed by atoms with van der Waals surface area (Å²) in [4.78, 5) is 18.5. The van der Waals surface area contributed by atoms with Crippen molar-refractivity contribution in [2.75, 3.05) is 18.0 Å². The van der Waals surface area contributed by atoms with Gasteiger partial charge in [0.25, 0.3) is 0 Å². The number of carbonyl (C=O) groups excluding carboxylic acids is 1. The lowest BCUT2D eigenvalue weighted by Crippen LogP contribution is -2.36. The van der Waals surface area contributed by atoms with E-state index in [2.05, 4.69) is 15.6 Å². The first-order chi connectivity index (χ1) is 13.7. The van der Waals surface area contributed by atoms with Gasteiger partial charge in [0.05, 0.1) is 6.54 Å². The molecular weight excluding hydrogens is 355 g/mol. The molecule has 148 valence electrons. The molecular formula is C22H27FN4O. The van der Waals surface area contributed by atoms with Crippen molar-refractivity contribution in [3.05, 3.63) is 65.5 Å². The molecule has 0 aromatic heterocycles. The molecule has 28 heavy (non-hydrogen) atoms. The topological polar surface area (TPSA) is 56.7 Å². The summed E-state index contributed by atoms with van der Waals surface area (Å²) in [5, 5.41) is 6.47. The van der Waals surface area contributed by atoms with E-state index in [1.807, 2.05) is 36.1 Å². The van der Waals surface area contributed by atoms with Crippen LogP contribution in [0.25, 0.3) is 0 Å². The third kappa shape index (κ3) is 5.55. The van der Waals surface area contributed by atoms with Crippen LogP contribution in [0.3, 0.4) is 0 Å². The number of guanidine groups is 1. The van der Waals surface area contributed by atoms with E-state index in [4.69, 9.17) is 0 Å². The molecule has 2 aromatic carbocycles. The predicted molar refractivity (Wildman–Crippen MR) is 111 cm³/mol. The molecule has 1 amide bonds. The van der Waals surface area contributed by atoms with Gasteiger partial charge in [-0.05, 0) is 55.2 Å². The first kappa shape index (κ1) is 19.9. The third-order valence-corrected chi connectivity index (χ3v) is 4.71. The number of carbonyl (C=O) groups is 1. The fraction of sp³-hybridized carbons (Fsp3) is 0.364. The van der Waals surface area contributed by atoms with Crippen LogP contribution >= 0.6 is 0 Å². The smallest absolute Gasteiger partial charge is 0.226 e. The third-order valence-electron chi connectivity index (χ3n) is 4.71. The Morgan fingerprint density at radius 3 is 2.43 bits per heavy atom. The van der Waals surface area contributed by atoms with E-state index in [9.17, 15) is 9.18 Å². The molecule has 6 heteroatoms. The van der Waals surface area contributed by atoms with Gasteiger partial charge in [-0.2, -0.15) is 0 Å². The number of anilines is 1. The van der Waals surface area contributed by atoms with Gasteiger partial charge in [0, 0.05) is 31.7 Å². The number of hydrogen-bond acceptors (Lipinski definition) is 2. The summed E-state index contributed by atoms with van der Waals surface area (Å²) in [6, 6.07) is 14.4. The zero-order valence-electron chi connectivity index (χ0n) is 16.2. The Hall–Kier alpha value is -2.89. The molecule has 0 radical (unpaired) electrons. The van der Waals surface area contributed by atoms with Crippen molar-refractivity contribution < 1.29 is 9.18 Å². The Bertz CT molecular complexity index is 802. The second-order valence-electron chi connectivity index (χ2n) is 6.84. The fourth-order valence-electron chi connectivity index (χ4n) is 3.16. The van der Waals surface area contributed by atoms with Gasteiger partial charge in [-0.25, -0.2) is 9.38 Å². The average molecular weight is 382 g/mol. The maximum absolute atomic E-state index is 13.0. The summed E-state index contributed by atoms with van der Waals surface area (Å²) in [7, 11) is 0. The van der Waals surface area contributed by atoms with E-state index in [1.54, 1.807) is 12.1 Å². The van der Waals surface area contributed by atoms with Crippen molar-refractivity contribution in [1.29, 1.82) is 0 Å². The van der Waals surface area contributed by atoms with Gasteiger partial charge < -0.3 is 15.5 Å². The minimum atomic E-state index is -0.237. The Kier molecular flexibility index (Phi) is 7.00. The molecule has 0 unspecified atom stereocenters. The van der Waals surface area contributed by atoms with E-state index in [0.29, 0.717) is 25.5 Å². The number of benzene rings is 2. The number of hydrogen-bond donors (Lipinski definition) is 2. The largest absolute Gasteiger partial charge is 0.357 e. The van der Waals surface area contributed by atoms with Crippen molar-refractivity contribution in [3.8, 4) is 0 Å². The van der Waals surface area contributed by atoms with Crippen LogP contribution in [0.5, 0.6) is 0 Å². The summed E-state index contributed by atoms with van der Waals surface area (Å²) in [5.41, 5.74) is 3.02. The molecule has 1 heterocycles. The van der Waals surface area contributed by atoms with Gasteiger partial charge in [0.15, 0.2) is 5.96 Å². The molecule has 0 aliphatic carbocycles. The van der Waals surface area contributed by atoms with Gasteiger partial charge in [0.2, 0.25) is 5.91 Å². The van der Waals surface area contributed by atoms with Gasteiger partial charge >= 0.3 is 0 Å². The molecule has 1 fully saturated rings. The Labute approximate surface area is 165 Å². The molecule has 0 bridgehead atoms. The van der Waals surface area contributed by atoms with E-state index in [-0.39, 0.29) is 11.7 Å². The standard InChI is InChI=1S/C22H27FN4O/c1-2-24-22(25-15-17-6-10-19(23)11-7-17)26-16-18-8-12-20(13-9-18)27-14-4-3-5-21(27)28/h6-13H,2-5,14-16H2,1H3,(H2,24,25,26). The van der Waals surface area contributed by atoms with Gasteiger partial charge in [0.1, 0.15) is 5.82 Å². The first-order valence-electron chi connectivity index (χ1n) is 9.81. The van der Waals surface area contributed by atoms with Crippen molar-refractivity contribution in [3.63, 3.8) is 0 Å². The fourth-order valence-corrected chi connectivity index (χ4v) is 3.16. The highest BCUT2D eigenvalue weighted by atomic mass is 19.1. The summed E-state index contributed by atoms with van der Waals surface area (Å²) in [6.45, 7) is 4.67. The lowest BCUT2D eigenvalue weighted by atomic mass is 10.1. The summed E-state index contributed by atoms with van der Waals surface area (Å²) in [6.07, 6.45) is 2.68. The van der Waals surface area contributed by atoms with E-state index >= 15 is 0 Å². The average Bonchev–Trinajstić information content (AvgIpc) is 2.72. The van der Waals surface area contributed by atoms with E-state index in [1.165, 1.54) is 12.1 Å². The summed E-state index contributed by atoms with van der Waals surface area (Å²) in [5.74, 6) is 0.678. The summed E-state index contributed by atoms with van der Waals surface area (Å²) < 4.78 is 13.0. The second kappa shape index (κ2) is 9.88. The van der Waals surface area contributed by atoms with Crippen molar-refractivity contribution in [2.24, 2.45) is 4.99 Å². The van der Waals surface area contributed by atoms with Crippen LogP contribution in [-0.2, 0) is 17.9 Å². The Morgan fingerprint density at radius 1 is 1.04 bits per heavy atom. The highest BCUT2D eigenvalue weighted by Crippen LogP contribution is 2.21. The van der Waals surface area contributed by atoms with Crippen LogP contribution in [0.2, 0.25) is 0 Å². The molecule has 5 nitrogen and oxygen atoms in total. The first-order valence-corrected chi connectivity index (χ1v) is 9.81. The maximum Gasteiger partial charge on any atom is 0.226 e. The normalized spacial score (nSPS) is 14.9. The number of nitrogens with zero attached hydrogens (tertiary/aromatic N) is 2. The maximum atomic E-state index is 13.0. The molecule has 3 rings (SSSR count). The molecule has 0 saturated carbocycles. The van der Waals surface area contributed by atoms with Crippen molar-refractivity contribution in [1.82, 2.24) is 10.6 Å². The Morgan fingerprint density at radius 2 is 1.75 bits per heavy atom. The van der Waals surface area contributed by atoms with Crippen LogP contribution in [0.1, 0.15) is 37.3 Å². The monoisotopic (exact) mass is 382 g/mol. The van der Waals surface area contributed by atoms with Gasteiger partial charge in [-0.3, -0.25) is 4.79 Å². The number of rotatable bonds is 6. The van der Waals surface area contributed by atoms with Crippen LogP contribution < -0.4 is 15.5 Å². The van der Waals surface area contributed by atoms with Crippen molar-refractivity contribution >= 4 is 17.6 Å². The number of amides is 1. The minimum Gasteiger partial charge on any atom is -0.357 e. The lowest BCUT2D eigenvalue weighted by Gasteiger charge is -2.26. The van der Waals surface area contributed by atoms with Crippen LogP contribution in [0.4, 0.5) is 10.1 Å². The quantitative estimate of drug-likeness (QED) is 0.593. The highest BCUT2D eigenvalue weighted by Gasteiger charge is 2.19. The zero-order chi connectivity index (χ0) is 19.8. The molecule has 0 spiro atoms. The number of nitrogens with one attached hydrogen (secondary N) is 2. The number of piperidine rings is 1. The molecule has 2 aromatic rings. The van der Waals surface area contributed by atoms with Gasteiger partial charge in [-0.15, -0.1) is 0 Å². The number of halogens is 1. The summed E-state index contributed by atoms with van der Waals surface area (Å²) >= 11 is 0. The molecule has 2 N–H and O–H groups in total. The SMILES string of the molecule is CCNC(=NCc1ccc(N2CCCCC2=O)cc1)NCc1ccc(F)cc1. The second-order valence-corrected chi connectivity index (χ2v) is 6.84. The lowest BCUT2D eigenvalue weighted by molar-refractivity contribution is -0.119. The van der Waals surface area contributed by atoms with Gasteiger partial charge in [-0.1, -0.05) is 24.3 Å². The number of aliphatic imine (C=N–C) groups is 1. The molecule has 1 saturated heterocycles. The molecule has 1 aliphatic heterocycles. The minimum absolute atomic E-state index is 0.205.